The fourth-order valence-corrected chi connectivity index (χ4v) is 5.57. The van der Waals surface area contributed by atoms with Crippen LogP contribution in [0.5, 0.6) is 0 Å². The van der Waals surface area contributed by atoms with E-state index in [4.69, 9.17) is 0 Å². The fourth-order valence-electron chi connectivity index (χ4n) is 3.34. The Labute approximate surface area is 187 Å². The molecule has 1 aliphatic rings. The number of aromatic nitrogens is 1. The lowest BCUT2D eigenvalue weighted by atomic mass is 10.2. The van der Waals surface area contributed by atoms with Gasteiger partial charge >= 0.3 is 6.18 Å². The van der Waals surface area contributed by atoms with Gasteiger partial charge in [0.15, 0.2) is 0 Å². The molecular weight excluding hydrogens is 463 g/mol. The van der Waals surface area contributed by atoms with Gasteiger partial charge in [0.1, 0.15) is 10.7 Å². The first kappa shape index (κ1) is 22.4. The molecule has 0 aliphatic carbocycles. The molecule has 4 rings (SSSR count). The minimum absolute atomic E-state index is 0.0464. The number of sulfonamides is 1. The summed E-state index contributed by atoms with van der Waals surface area (Å²) >= 11 is 1.35. The molecule has 168 valence electrons. The number of piperazine rings is 1. The molecule has 0 radical (unpaired) electrons. The van der Waals surface area contributed by atoms with Gasteiger partial charge in [-0.25, -0.2) is 13.4 Å². The number of hydrogen-bond acceptors (Lipinski definition) is 5. The standard InChI is InChI=1S/C21H18F3N3O3S2/c22-21(23,24)16-6-8-17(9-7-16)32(29,30)27-12-10-26(11-13-27)20(28)18-14-31-19(25-18)15-4-2-1-3-5-15/h1-9,14H,10-13H2. The number of carbonyl (C=O) groups excluding carboxylic acids is 1. The first-order chi connectivity index (χ1) is 15.2. The molecule has 0 atom stereocenters. The van der Waals surface area contributed by atoms with E-state index >= 15 is 0 Å². The Morgan fingerprint density at radius 3 is 2.16 bits per heavy atom. The molecule has 2 heterocycles. The topological polar surface area (TPSA) is 70.6 Å². The Balaban J connectivity index is 1.41. The molecule has 0 N–H and O–H groups in total. The average molecular weight is 482 g/mol. The Morgan fingerprint density at radius 2 is 1.56 bits per heavy atom. The van der Waals surface area contributed by atoms with Crippen molar-refractivity contribution in [2.75, 3.05) is 26.2 Å². The van der Waals surface area contributed by atoms with Gasteiger partial charge in [0, 0.05) is 37.1 Å². The maximum Gasteiger partial charge on any atom is 0.416 e. The third-order valence-electron chi connectivity index (χ3n) is 5.09. The zero-order valence-corrected chi connectivity index (χ0v) is 18.3. The molecule has 32 heavy (non-hydrogen) atoms. The largest absolute Gasteiger partial charge is 0.416 e. The van der Waals surface area contributed by atoms with Crippen molar-refractivity contribution in [2.45, 2.75) is 11.1 Å². The van der Waals surface area contributed by atoms with E-state index in [0.717, 1.165) is 34.8 Å². The van der Waals surface area contributed by atoms with Gasteiger partial charge in [0.2, 0.25) is 10.0 Å². The molecule has 1 saturated heterocycles. The predicted octanol–water partition coefficient (Wildman–Crippen LogP) is 3.98. The van der Waals surface area contributed by atoms with Gasteiger partial charge in [-0.2, -0.15) is 17.5 Å². The van der Waals surface area contributed by atoms with E-state index in [1.807, 2.05) is 30.3 Å². The van der Waals surface area contributed by atoms with Crippen molar-refractivity contribution in [1.29, 1.82) is 0 Å². The van der Waals surface area contributed by atoms with Crippen LogP contribution >= 0.6 is 11.3 Å². The Hall–Kier alpha value is -2.76. The van der Waals surface area contributed by atoms with Crippen LogP contribution in [0.4, 0.5) is 13.2 Å². The number of benzene rings is 2. The van der Waals surface area contributed by atoms with Crippen molar-refractivity contribution in [1.82, 2.24) is 14.2 Å². The summed E-state index contributed by atoms with van der Waals surface area (Å²) in [5.74, 6) is -0.282. The minimum atomic E-state index is -4.54. The molecule has 3 aromatic rings. The van der Waals surface area contributed by atoms with Gasteiger partial charge < -0.3 is 4.90 Å². The first-order valence-electron chi connectivity index (χ1n) is 9.64. The summed E-state index contributed by atoms with van der Waals surface area (Å²) in [6, 6.07) is 12.9. The lowest BCUT2D eigenvalue weighted by molar-refractivity contribution is -0.137. The molecular formula is C21H18F3N3O3S2. The number of hydrogen-bond donors (Lipinski definition) is 0. The molecule has 2 aromatic carbocycles. The van der Waals surface area contributed by atoms with E-state index in [9.17, 15) is 26.4 Å². The van der Waals surface area contributed by atoms with Crippen LogP contribution in [0.2, 0.25) is 0 Å². The van der Waals surface area contributed by atoms with Crippen LogP contribution < -0.4 is 0 Å². The average Bonchev–Trinajstić information content (AvgIpc) is 3.29. The Bertz CT molecular complexity index is 1200. The maximum atomic E-state index is 12.8. The molecule has 1 fully saturated rings. The van der Waals surface area contributed by atoms with Crippen LogP contribution in [-0.2, 0) is 16.2 Å². The van der Waals surface area contributed by atoms with Crippen molar-refractivity contribution >= 4 is 27.3 Å². The molecule has 0 unspecified atom stereocenters. The molecule has 0 spiro atoms. The van der Waals surface area contributed by atoms with Gasteiger partial charge in [-0.15, -0.1) is 11.3 Å². The molecule has 1 aromatic heterocycles. The molecule has 6 nitrogen and oxygen atoms in total. The van der Waals surface area contributed by atoms with Crippen LogP contribution in [0.3, 0.4) is 0 Å². The lowest BCUT2D eigenvalue weighted by Gasteiger charge is -2.33. The summed E-state index contributed by atoms with van der Waals surface area (Å²) < 4.78 is 64.9. The normalized spacial score (nSPS) is 15.7. The lowest BCUT2D eigenvalue weighted by Crippen LogP contribution is -2.50. The zero-order chi connectivity index (χ0) is 22.9. The van der Waals surface area contributed by atoms with Crippen LogP contribution in [0.15, 0.2) is 64.9 Å². The summed E-state index contributed by atoms with van der Waals surface area (Å²) in [6.45, 7) is 0.420. The van der Waals surface area contributed by atoms with E-state index in [1.54, 1.807) is 5.38 Å². The molecule has 11 heteroatoms. The van der Waals surface area contributed by atoms with Gasteiger partial charge in [-0.1, -0.05) is 30.3 Å². The minimum Gasteiger partial charge on any atom is -0.335 e. The third kappa shape index (κ3) is 4.54. The quantitative estimate of drug-likeness (QED) is 0.565. The second-order valence-electron chi connectivity index (χ2n) is 7.12. The highest BCUT2D eigenvalue weighted by molar-refractivity contribution is 7.89. The van der Waals surface area contributed by atoms with Crippen LogP contribution in [0.1, 0.15) is 16.1 Å². The van der Waals surface area contributed by atoms with Crippen molar-refractivity contribution in [2.24, 2.45) is 0 Å². The summed E-state index contributed by atoms with van der Waals surface area (Å²) in [7, 11) is -3.96. The first-order valence-corrected chi connectivity index (χ1v) is 12.0. The zero-order valence-electron chi connectivity index (χ0n) is 16.6. The maximum absolute atomic E-state index is 12.8. The number of thiazole rings is 1. The van der Waals surface area contributed by atoms with Crippen molar-refractivity contribution < 1.29 is 26.4 Å². The number of rotatable bonds is 4. The number of alkyl halides is 3. The van der Waals surface area contributed by atoms with Crippen molar-refractivity contribution in [3.05, 3.63) is 71.2 Å². The van der Waals surface area contributed by atoms with E-state index in [0.29, 0.717) is 5.69 Å². The summed E-state index contributed by atoms with van der Waals surface area (Å²) in [5, 5.41) is 2.40. The molecule has 0 bridgehead atoms. The molecule has 1 amide bonds. The second kappa shape index (κ2) is 8.64. The van der Waals surface area contributed by atoms with Gasteiger partial charge in [0.25, 0.3) is 5.91 Å². The number of halogens is 3. The SMILES string of the molecule is O=C(c1csc(-c2ccccc2)n1)N1CCN(S(=O)(=O)c2ccc(C(F)(F)F)cc2)CC1. The van der Waals surface area contributed by atoms with Crippen molar-refractivity contribution in [3.8, 4) is 10.6 Å². The predicted molar refractivity (Wildman–Crippen MR) is 114 cm³/mol. The van der Waals surface area contributed by atoms with Crippen LogP contribution in [-0.4, -0.2) is 54.7 Å². The van der Waals surface area contributed by atoms with Gasteiger partial charge in [0.05, 0.1) is 10.5 Å². The van der Waals surface area contributed by atoms with Gasteiger partial charge in [-0.3, -0.25) is 4.79 Å². The third-order valence-corrected chi connectivity index (χ3v) is 7.89. The number of nitrogens with zero attached hydrogens (tertiary/aromatic N) is 3. The van der Waals surface area contributed by atoms with Crippen LogP contribution in [0.25, 0.3) is 10.6 Å². The smallest absolute Gasteiger partial charge is 0.335 e. The Kier molecular flexibility index (Phi) is 6.06. The highest BCUT2D eigenvalue weighted by Gasteiger charge is 2.33. The summed E-state index contributed by atoms with van der Waals surface area (Å²) in [4.78, 5) is 18.5. The Morgan fingerprint density at radius 1 is 0.938 bits per heavy atom. The van der Waals surface area contributed by atoms with Gasteiger partial charge in [-0.05, 0) is 24.3 Å². The monoisotopic (exact) mass is 481 g/mol. The molecule has 0 saturated carbocycles. The van der Waals surface area contributed by atoms with E-state index in [1.165, 1.54) is 20.5 Å². The highest BCUT2D eigenvalue weighted by atomic mass is 32.2. The van der Waals surface area contributed by atoms with E-state index < -0.39 is 21.8 Å². The summed E-state index contributed by atoms with van der Waals surface area (Å²) in [6.07, 6.45) is -4.54. The number of amides is 1. The summed E-state index contributed by atoms with van der Waals surface area (Å²) in [5.41, 5.74) is 0.293. The van der Waals surface area contributed by atoms with E-state index in [2.05, 4.69) is 4.98 Å². The second-order valence-corrected chi connectivity index (χ2v) is 9.92. The van der Waals surface area contributed by atoms with E-state index in [-0.39, 0.29) is 37.0 Å². The fraction of sp³-hybridized carbons (Fsp3) is 0.238. The van der Waals surface area contributed by atoms with Crippen LogP contribution in [0, 0.1) is 0 Å². The highest BCUT2D eigenvalue weighted by Crippen LogP contribution is 2.30. The van der Waals surface area contributed by atoms with Crippen molar-refractivity contribution in [3.63, 3.8) is 0 Å². The molecule has 1 aliphatic heterocycles. The number of carbonyl (C=O) groups is 1.